The third-order valence-corrected chi connectivity index (χ3v) is 6.58. The number of nitrogens with zero attached hydrogens (tertiary/aromatic N) is 5. The topological polar surface area (TPSA) is 138 Å². The van der Waals surface area contributed by atoms with Crippen LogP contribution >= 0.6 is 0 Å². The molecule has 0 radical (unpaired) electrons. The van der Waals surface area contributed by atoms with E-state index in [9.17, 15) is 9.65 Å². The molecule has 0 aliphatic carbocycles. The predicted octanol–water partition coefficient (Wildman–Crippen LogP) is 3.61. The van der Waals surface area contributed by atoms with Gasteiger partial charge in [-0.3, -0.25) is 15.8 Å². The lowest BCUT2D eigenvalue weighted by Gasteiger charge is -2.37. The Labute approximate surface area is 209 Å². The number of ether oxygens (including phenoxy) is 1. The zero-order valence-corrected chi connectivity index (χ0v) is 20.2. The van der Waals surface area contributed by atoms with E-state index in [-0.39, 0.29) is 5.92 Å². The van der Waals surface area contributed by atoms with Crippen LogP contribution in [-0.2, 0) is 4.74 Å². The number of rotatable bonds is 6. The SMILES string of the molecule is CN(C=N)C(=N)C1CCN(c2c(-c3ccc(F)nc3)ccc(/C(=C/N)C3=NCCCO3)c2C#N)CC1. The standard InChI is InChI=1S/C26H29FN8O/c1-34(16-30)25(31)17-7-10-35(11-8-17)24-19(18-3-6-23(27)33-15-18)4-5-20(21(24)13-28)22(14-29)26-32-9-2-12-36-26/h3-6,14-17,30-31H,2,7-12,29H2,1H3/b22-14-,30-16?,31-25?. The molecule has 1 fully saturated rings. The highest BCUT2D eigenvalue weighted by Crippen LogP contribution is 2.40. The molecule has 1 aromatic heterocycles. The zero-order valence-electron chi connectivity index (χ0n) is 20.2. The highest BCUT2D eigenvalue weighted by molar-refractivity contribution is 6.20. The average molecular weight is 489 g/mol. The van der Waals surface area contributed by atoms with Crippen LogP contribution in [0, 0.1) is 34.0 Å². The first kappa shape index (κ1) is 24.9. The van der Waals surface area contributed by atoms with Gasteiger partial charge < -0.3 is 20.3 Å². The number of hydrogen-bond acceptors (Lipinski definition) is 8. The summed E-state index contributed by atoms with van der Waals surface area (Å²) < 4.78 is 19.3. The van der Waals surface area contributed by atoms with Gasteiger partial charge in [0.1, 0.15) is 11.9 Å². The van der Waals surface area contributed by atoms with Crippen molar-refractivity contribution in [1.29, 1.82) is 16.1 Å². The lowest BCUT2D eigenvalue weighted by atomic mass is 9.89. The molecule has 186 valence electrons. The highest BCUT2D eigenvalue weighted by atomic mass is 19.1. The number of hydrogen-bond donors (Lipinski definition) is 3. The number of piperidine rings is 1. The molecule has 0 saturated carbocycles. The van der Waals surface area contributed by atoms with Crippen LogP contribution in [0.3, 0.4) is 0 Å². The summed E-state index contributed by atoms with van der Waals surface area (Å²) in [6.45, 7) is 2.38. The molecule has 4 rings (SSSR count). The number of nitrogens with two attached hydrogens (primary N) is 1. The van der Waals surface area contributed by atoms with Crippen LogP contribution in [0.15, 0.2) is 41.7 Å². The molecule has 2 aromatic rings. The summed E-state index contributed by atoms with van der Waals surface area (Å²) in [7, 11) is 1.70. The van der Waals surface area contributed by atoms with Gasteiger partial charge >= 0.3 is 0 Å². The Hall–Kier alpha value is -4.26. The summed E-state index contributed by atoms with van der Waals surface area (Å²) in [4.78, 5) is 11.9. The lowest BCUT2D eigenvalue weighted by molar-refractivity contribution is 0.287. The third kappa shape index (κ3) is 4.91. The van der Waals surface area contributed by atoms with Gasteiger partial charge in [-0.1, -0.05) is 12.1 Å². The maximum atomic E-state index is 13.6. The number of nitriles is 1. The van der Waals surface area contributed by atoms with Crippen molar-refractivity contribution in [2.24, 2.45) is 16.6 Å². The van der Waals surface area contributed by atoms with Crippen LogP contribution in [0.1, 0.15) is 30.4 Å². The molecule has 10 heteroatoms. The van der Waals surface area contributed by atoms with E-state index in [1.165, 1.54) is 23.4 Å². The van der Waals surface area contributed by atoms with Crippen molar-refractivity contribution >= 4 is 29.3 Å². The number of pyridine rings is 1. The summed E-state index contributed by atoms with van der Waals surface area (Å²) in [5, 5.41) is 26.2. The van der Waals surface area contributed by atoms with Gasteiger partial charge in [-0.25, -0.2) is 4.98 Å². The fourth-order valence-corrected chi connectivity index (χ4v) is 4.66. The van der Waals surface area contributed by atoms with Crippen LogP contribution < -0.4 is 10.6 Å². The molecule has 2 aliphatic rings. The van der Waals surface area contributed by atoms with E-state index in [2.05, 4.69) is 20.9 Å². The molecule has 0 bridgehead atoms. The minimum absolute atomic E-state index is 0.0157. The van der Waals surface area contributed by atoms with Crippen molar-refractivity contribution in [3.05, 3.63) is 53.7 Å². The summed E-state index contributed by atoms with van der Waals surface area (Å²) in [5.74, 6) is 0.266. The van der Waals surface area contributed by atoms with E-state index in [0.29, 0.717) is 78.8 Å². The number of aromatic nitrogens is 1. The van der Waals surface area contributed by atoms with Crippen LogP contribution in [0.4, 0.5) is 10.1 Å². The Bertz CT molecular complexity index is 1240. The fourth-order valence-electron chi connectivity index (χ4n) is 4.66. The van der Waals surface area contributed by atoms with Crippen LogP contribution in [0.25, 0.3) is 16.7 Å². The summed E-state index contributed by atoms with van der Waals surface area (Å²) >= 11 is 0. The maximum absolute atomic E-state index is 13.6. The average Bonchev–Trinajstić information content (AvgIpc) is 2.93. The molecule has 0 spiro atoms. The summed E-state index contributed by atoms with van der Waals surface area (Å²) in [6.07, 6.45) is 6.24. The molecule has 1 saturated heterocycles. The smallest absolute Gasteiger partial charge is 0.218 e. The second-order valence-corrected chi connectivity index (χ2v) is 8.72. The Morgan fingerprint density at radius 3 is 2.67 bits per heavy atom. The van der Waals surface area contributed by atoms with Gasteiger partial charge in [-0.15, -0.1) is 0 Å². The third-order valence-electron chi connectivity index (χ3n) is 6.58. The van der Waals surface area contributed by atoms with Crippen LogP contribution in [-0.4, -0.2) is 61.2 Å². The lowest BCUT2D eigenvalue weighted by Crippen LogP contribution is -2.41. The molecular formula is C26H29FN8O. The van der Waals surface area contributed by atoms with Gasteiger partial charge in [-0.2, -0.15) is 9.65 Å². The van der Waals surface area contributed by atoms with Gasteiger partial charge in [0.05, 0.1) is 29.8 Å². The summed E-state index contributed by atoms with van der Waals surface area (Å²) in [5.41, 5.74) is 9.77. The number of halogens is 1. The molecule has 0 amide bonds. The van der Waals surface area contributed by atoms with E-state index in [1.54, 1.807) is 13.1 Å². The second-order valence-electron chi connectivity index (χ2n) is 8.72. The molecule has 4 N–H and O–H groups in total. The van der Waals surface area contributed by atoms with E-state index in [1.807, 2.05) is 12.1 Å². The number of aliphatic imine (C=N–C) groups is 1. The van der Waals surface area contributed by atoms with E-state index in [4.69, 9.17) is 21.3 Å². The molecular weight excluding hydrogens is 459 g/mol. The second kappa shape index (κ2) is 11.0. The monoisotopic (exact) mass is 488 g/mol. The Balaban J connectivity index is 1.79. The van der Waals surface area contributed by atoms with E-state index < -0.39 is 5.95 Å². The molecule has 3 heterocycles. The fraction of sp³-hybridized carbons (Fsp3) is 0.346. The van der Waals surface area contributed by atoms with Crippen molar-refractivity contribution < 1.29 is 9.13 Å². The summed E-state index contributed by atoms with van der Waals surface area (Å²) in [6, 6.07) is 9.04. The van der Waals surface area contributed by atoms with Crippen molar-refractivity contribution in [2.45, 2.75) is 19.3 Å². The van der Waals surface area contributed by atoms with Gasteiger partial charge in [-0.05, 0) is 25.0 Å². The van der Waals surface area contributed by atoms with Gasteiger partial charge in [0.2, 0.25) is 11.8 Å². The normalized spacial score (nSPS) is 16.5. The number of amidine groups is 1. The molecule has 0 atom stereocenters. The first-order valence-corrected chi connectivity index (χ1v) is 11.8. The predicted molar refractivity (Wildman–Crippen MR) is 139 cm³/mol. The number of benzene rings is 1. The molecule has 0 unspecified atom stereocenters. The first-order chi connectivity index (χ1) is 17.5. The van der Waals surface area contributed by atoms with E-state index >= 15 is 0 Å². The maximum Gasteiger partial charge on any atom is 0.218 e. The minimum Gasteiger partial charge on any atom is -0.477 e. The van der Waals surface area contributed by atoms with Crippen molar-refractivity contribution in [3.8, 4) is 17.2 Å². The molecule has 36 heavy (non-hydrogen) atoms. The Morgan fingerprint density at radius 2 is 2.08 bits per heavy atom. The van der Waals surface area contributed by atoms with Crippen LogP contribution in [0.5, 0.6) is 0 Å². The van der Waals surface area contributed by atoms with Crippen molar-refractivity contribution in [1.82, 2.24) is 9.88 Å². The van der Waals surface area contributed by atoms with Crippen LogP contribution in [0.2, 0.25) is 0 Å². The Kier molecular flexibility index (Phi) is 7.59. The van der Waals surface area contributed by atoms with Gasteiger partial charge in [0.15, 0.2) is 0 Å². The number of nitrogens with one attached hydrogen (secondary N) is 2. The Morgan fingerprint density at radius 1 is 1.31 bits per heavy atom. The highest BCUT2D eigenvalue weighted by Gasteiger charge is 2.29. The molecule has 2 aliphatic heterocycles. The van der Waals surface area contributed by atoms with Crippen molar-refractivity contribution in [3.63, 3.8) is 0 Å². The largest absolute Gasteiger partial charge is 0.477 e. The van der Waals surface area contributed by atoms with E-state index in [0.717, 1.165) is 18.3 Å². The zero-order chi connectivity index (χ0) is 25.7. The quantitative estimate of drug-likeness (QED) is 0.323. The molecule has 1 aromatic carbocycles. The van der Waals surface area contributed by atoms with Gasteiger partial charge in [0.25, 0.3) is 0 Å². The van der Waals surface area contributed by atoms with Gasteiger partial charge in [0, 0.05) is 68.1 Å². The van der Waals surface area contributed by atoms with Crippen molar-refractivity contribution in [2.75, 3.05) is 38.2 Å². The molecule has 9 nitrogen and oxygen atoms in total. The number of anilines is 1. The first-order valence-electron chi connectivity index (χ1n) is 11.8. The minimum atomic E-state index is -0.576.